The van der Waals surface area contributed by atoms with Crippen LogP contribution in [0.15, 0.2) is 42.7 Å². The zero-order valence-electron chi connectivity index (χ0n) is 8.96. The summed E-state index contributed by atoms with van der Waals surface area (Å²) in [5, 5.41) is 3.89. The first-order valence-corrected chi connectivity index (χ1v) is 4.96. The van der Waals surface area contributed by atoms with Gasteiger partial charge in [0.2, 0.25) is 0 Å². The Morgan fingerprint density at radius 1 is 1.38 bits per heavy atom. The zero-order chi connectivity index (χ0) is 11.4. The van der Waals surface area contributed by atoms with Gasteiger partial charge in [-0.2, -0.15) is 5.10 Å². The van der Waals surface area contributed by atoms with Crippen LogP contribution in [0.3, 0.4) is 0 Å². The molecule has 1 aromatic heterocycles. The molecule has 0 unspecified atom stereocenters. The summed E-state index contributed by atoms with van der Waals surface area (Å²) in [6.45, 7) is 0. The summed E-state index contributed by atoms with van der Waals surface area (Å²) < 4.78 is 6.51. The Morgan fingerprint density at radius 3 is 2.88 bits per heavy atom. The second-order valence-electron chi connectivity index (χ2n) is 3.33. The molecular formula is C12H12N2O2. The minimum Gasteiger partial charge on any atom is -0.496 e. The summed E-state index contributed by atoms with van der Waals surface area (Å²) in [4.78, 5) is 11.8. The molecule has 0 spiro atoms. The molecule has 0 aliphatic heterocycles. The van der Waals surface area contributed by atoms with Crippen molar-refractivity contribution in [2.45, 2.75) is 6.42 Å². The molecular weight excluding hydrogens is 204 g/mol. The van der Waals surface area contributed by atoms with Crippen LogP contribution in [0.2, 0.25) is 0 Å². The highest BCUT2D eigenvalue weighted by Gasteiger charge is 2.09. The highest BCUT2D eigenvalue weighted by Crippen LogP contribution is 2.18. The molecule has 0 saturated carbocycles. The van der Waals surface area contributed by atoms with Crippen LogP contribution in [0.1, 0.15) is 10.4 Å². The standard InChI is InChI=1S/C12H12N2O2/c1-16-11-6-3-2-5-10(11)9-12(15)14-8-4-7-13-14/h2-8H,9H2,1H3. The van der Waals surface area contributed by atoms with Gasteiger partial charge in [-0.05, 0) is 12.1 Å². The Bertz CT molecular complexity index is 478. The van der Waals surface area contributed by atoms with Crippen LogP contribution in [0.25, 0.3) is 0 Å². The first-order chi connectivity index (χ1) is 7.81. The van der Waals surface area contributed by atoms with Crippen molar-refractivity contribution in [1.29, 1.82) is 0 Å². The number of rotatable bonds is 3. The number of nitrogens with zero attached hydrogens (tertiary/aromatic N) is 2. The van der Waals surface area contributed by atoms with E-state index in [9.17, 15) is 4.79 Å². The van der Waals surface area contributed by atoms with E-state index in [4.69, 9.17) is 4.74 Å². The van der Waals surface area contributed by atoms with Gasteiger partial charge in [-0.25, -0.2) is 4.68 Å². The molecule has 1 heterocycles. The van der Waals surface area contributed by atoms with E-state index < -0.39 is 0 Å². The monoisotopic (exact) mass is 216 g/mol. The topological polar surface area (TPSA) is 44.1 Å². The Hall–Kier alpha value is -2.10. The van der Waals surface area contributed by atoms with Gasteiger partial charge in [0.15, 0.2) is 0 Å². The van der Waals surface area contributed by atoms with Crippen LogP contribution in [0.5, 0.6) is 5.75 Å². The van der Waals surface area contributed by atoms with E-state index in [0.717, 1.165) is 11.3 Å². The van der Waals surface area contributed by atoms with Gasteiger partial charge in [-0.1, -0.05) is 18.2 Å². The summed E-state index contributed by atoms with van der Waals surface area (Å²) in [5.74, 6) is 0.650. The van der Waals surface area contributed by atoms with Crippen LogP contribution >= 0.6 is 0 Å². The molecule has 0 N–H and O–H groups in total. The molecule has 0 atom stereocenters. The summed E-state index contributed by atoms with van der Waals surface area (Å²) in [6, 6.07) is 9.20. The van der Waals surface area contributed by atoms with E-state index in [0.29, 0.717) is 0 Å². The summed E-state index contributed by atoms with van der Waals surface area (Å²) in [7, 11) is 1.59. The molecule has 2 rings (SSSR count). The minimum absolute atomic E-state index is 0.0745. The normalized spacial score (nSPS) is 10.1. The number of benzene rings is 1. The molecule has 0 bridgehead atoms. The lowest BCUT2D eigenvalue weighted by molar-refractivity contribution is 0.0897. The Balaban J connectivity index is 2.18. The first-order valence-electron chi connectivity index (χ1n) is 4.96. The van der Waals surface area contributed by atoms with Crippen LogP contribution in [0, 0.1) is 0 Å². The lowest BCUT2D eigenvalue weighted by Crippen LogP contribution is -2.14. The van der Waals surface area contributed by atoms with Crippen LogP contribution < -0.4 is 4.74 Å². The molecule has 82 valence electrons. The number of hydrogen-bond donors (Lipinski definition) is 0. The van der Waals surface area contributed by atoms with Gasteiger partial charge < -0.3 is 4.74 Å². The molecule has 4 nitrogen and oxygen atoms in total. The number of ether oxygens (including phenoxy) is 1. The molecule has 1 aromatic carbocycles. The quantitative estimate of drug-likeness (QED) is 0.785. The number of aromatic nitrogens is 2. The summed E-state index contributed by atoms with van der Waals surface area (Å²) in [6.07, 6.45) is 3.50. The molecule has 0 aliphatic carbocycles. The lowest BCUT2D eigenvalue weighted by Gasteiger charge is -2.06. The predicted octanol–water partition coefficient (Wildman–Crippen LogP) is 1.77. The van der Waals surface area contributed by atoms with E-state index in [2.05, 4.69) is 5.10 Å². The molecule has 0 amide bonds. The molecule has 0 saturated heterocycles. The number of hydrogen-bond acceptors (Lipinski definition) is 3. The Labute approximate surface area is 93.5 Å². The maximum absolute atomic E-state index is 11.8. The lowest BCUT2D eigenvalue weighted by atomic mass is 10.1. The van der Waals surface area contributed by atoms with Crippen LogP contribution in [0.4, 0.5) is 0 Å². The average Bonchev–Trinajstić information content (AvgIpc) is 2.83. The average molecular weight is 216 g/mol. The zero-order valence-corrected chi connectivity index (χ0v) is 8.96. The first kappa shape index (κ1) is 10.4. The number of para-hydroxylation sites is 1. The highest BCUT2D eigenvalue weighted by molar-refractivity contribution is 5.80. The van der Waals surface area contributed by atoms with Crippen molar-refractivity contribution in [3.8, 4) is 5.75 Å². The largest absolute Gasteiger partial charge is 0.496 e. The van der Waals surface area contributed by atoms with Gasteiger partial charge in [0, 0.05) is 18.0 Å². The van der Waals surface area contributed by atoms with Crippen molar-refractivity contribution in [2.75, 3.05) is 7.11 Å². The maximum atomic E-state index is 11.8. The van der Waals surface area contributed by atoms with Gasteiger partial charge in [0.05, 0.1) is 13.5 Å². The van der Waals surface area contributed by atoms with Crippen LogP contribution in [-0.4, -0.2) is 22.8 Å². The third-order valence-corrected chi connectivity index (χ3v) is 2.29. The van der Waals surface area contributed by atoms with E-state index in [1.165, 1.54) is 4.68 Å². The molecule has 0 radical (unpaired) electrons. The number of carbonyl (C=O) groups excluding carboxylic acids is 1. The molecule has 16 heavy (non-hydrogen) atoms. The smallest absolute Gasteiger partial charge is 0.251 e. The molecule has 4 heteroatoms. The van der Waals surface area contributed by atoms with Crippen molar-refractivity contribution in [3.05, 3.63) is 48.3 Å². The summed E-state index contributed by atoms with van der Waals surface area (Å²) in [5.41, 5.74) is 0.866. The van der Waals surface area contributed by atoms with Gasteiger partial charge >= 0.3 is 0 Å². The second-order valence-corrected chi connectivity index (χ2v) is 3.33. The fourth-order valence-corrected chi connectivity index (χ4v) is 1.51. The highest BCUT2D eigenvalue weighted by atomic mass is 16.5. The van der Waals surface area contributed by atoms with Crippen molar-refractivity contribution in [1.82, 2.24) is 9.78 Å². The van der Waals surface area contributed by atoms with Gasteiger partial charge in [-0.3, -0.25) is 4.79 Å². The molecule has 0 aliphatic rings. The number of carbonyl (C=O) groups is 1. The predicted molar refractivity (Wildman–Crippen MR) is 59.6 cm³/mol. The molecule has 0 fully saturated rings. The van der Waals surface area contributed by atoms with Gasteiger partial charge in [-0.15, -0.1) is 0 Å². The third kappa shape index (κ3) is 2.11. The van der Waals surface area contributed by atoms with Gasteiger partial charge in [0.1, 0.15) is 5.75 Å². The van der Waals surface area contributed by atoms with E-state index in [1.54, 1.807) is 25.6 Å². The molecule has 2 aromatic rings. The van der Waals surface area contributed by atoms with Gasteiger partial charge in [0.25, 0.3) is 5.91 Å². The second kappa shape index (κ2) is 4.61. The maximum Gasteiger partial charge on any atom is 0.251 e. The van der Waals surface area contributed by atoms with E-state index >= 15 is 0 Å². The van der Waals surface area contributed by atoms with E-state index in [1.807, 2.05) is 24.3 Å². The van der Waals surface area contributed by atoms with Crippen molar-refractivity contribution < 1.29 is 9.53 Å². The minimum atomic E-state index is -0.0745. The fraction of sp³-hybridized carbons (Fsp3) is 0.167. The van der Waals surface area contributed by atoms with Crippen molar-refractivity contribution >= 4 is 5.91 Å². The van der Waals surface area contributed by atoms with Crippen molar-refractivity contribution in [2.24, 2.45) is 0 Å². The Morgan fingerprint density at radius 2 is 2.19 bits per heavy atom. The van der Waals surface area contributed by atoms with Crippen molar-refractivity contribution in [3.63, 3.8) is 0 Å². The van der Waals surface area contributed by atoms with E-state index in [-0.39, 0.29) is 12.3 Å². The fourth-order valence-electron chi connectivity index (χ4n) is 1.51. The van der Waals surface area contributed by atoms with Crippen LogP contribution in [-0.2, 0) is 6.42 Å². The summed E-state index contributed by atoms with van der Waals surface area (Å²) >= 11 is 0. The third-order valence-electron chi connectivity index (χ3n) is 2.29. The number of methoxy groups -OCH3 is 1. The Kier molecular flexibility index (Phi) is 3.00. The SMILES string of the molecule is COc1ccccc1CC(=O)n1cccn1.